The minimum absolute atomic E-state index is 0.849. The molecule has 0 aliphatic carbocycles. The maximum atomic E-state index is 5.49. The highest BCUT2D eigenvalue weighted by atomic mass is 79.9. The van der Waals surface area contributed by atoms with Crippen molar-refractivity contribution < 1.29 is 4.74 Å². The second kappa shape index (κ2) is 6.26. The molecule has 2 rings (SSSR count). The van der Waals surface area contributed by atoms with E-state index in [-0.39, 0.29) is 0 Å². The first-order chi connectivity index (χ1) is 7.90. The minimum Gasteiger partial charge on any atom is -0.493 e. The number of benzene rings is 1. The lowest BCUT2D eigenvalue weighted by atomic mass is 10.1. The highest BCUT2D eigenvalue weighted by Gasteiger charge is 2.11. The molecule has 0 spiro atoms. The molecule has 0 bridgehead atoms. The van der Waals surface area contributed by atoms with Crippen LogP contribution >= 0.6 is 15.9 Å². The quantitative estimate of drug-likeness (QED) is 0.640. The van der Waals surface area contributed by atoms with Gasteiger partial charge in [-0.15, -0.1) is 0 Å². The van der Waals surface area contributed by atoms with Gasteiger partial charge in [-0.25, -0.2) is 0 Å². The second-order valence-electron chi connectivity index (χ2n) is 4.08. The number of hydrogen-bond donors (Lipinski definition) is 1. The lowest BCUT2D eigenvalue weighted by Gasteiger charge is -2.05. The van der Waals surface area contributed by atoms with Crippen LogP contribution in [0.4, 0.5) is 0 Å². The number of rotatable bonds is 6. The number of nitrogens with one attached hydrogen (secondary N) is 1. The normalized spacial score (nSPS) is 13.6. The van der Waals surface area contributed by atoms with Crippen molar-refractivity contribution in [3.05, 3.63) is 29.3 Å². The Bertz CT molecular complexity index is 341. The number of ether oxygens (including phenoxy) is 1. The standard InChI is InChI=1S/C13H18BrNO/c14-6-1-7-15-8-4-11-2-3-13-12(10-11)5-9-16-13/h2-3,10,15H,1,4-9H2. The van der Waals surface area contributed by atoms with Crippen LogP contribution in [0.1, 0.15) is 17.5 Å². The number of hydrogen-bond acceptors (Lipinski definition) is 2. The molecule has 1 aliphatic rings. The van der Waals surface area contributed by atoms with Crippen LogP contribution in [0.3, 0.4) is 0 Å². The number of alkyl halides is 1. The number of halogens is 1. The first-order valence-electron chi connectivity index (χ1n) is 5.91. The van der Waals surface area contributed by atoms with Crippen molar-refractivity contribution in [2.75, 3.05) is 25.0 Å². The van der Waals surface area contributed by atoms with E-state index >= 15 is 0 Å². The highest BCUT2D eigenvalue weighted by molar-refractivity contribution is 9.09. The van der Waals surface area contributed by atoms with E-state index in [1.807, 2.05) is 0 Å². The van der Waals surface area contributed by atoms with Gasteiger partial charge in [0.15, 0.2) is 0 Å². The molecular formula is C13H18BrNO. The van der Waals surface area contributed by atoms with Crippen LogP contribution < -0.4 is 10.1 Å². The molecule has 2 nitrogen and oxygen atoms in total. The van der Waals surface area contributed by atoms with E-state index in [1.165, 1.54) is 17.5 Å². The van der Waals surface area contributed by atoms with Gasteiger partial charge in [-0.2, -0.15) is 0 Å². The van der Waals surface area contributed by atoms with E-state index in [0.717, 1.165) is 43.6 Å². The predicted molar refractivity (Wildman–Crippen MR) is 70.6 cm³/mol. The molecule has 0 saturated heterocycles. The summed E-state index contributed by atoms with van der Waals surface area (Å²) in [7, 11) is 0. The monoisotopic (exact) mass is 283 g/mol. The van der Waals surface area contributed by atoms with Crippen molar-refractivity contribution >= 4 is 15.9 Å². The van der Waals surface area contributed by atoms with Crippen molar-refractivity contribution in [1.82, 2.24) is 5.32 Å². The van der Waals surface area contributed by atoms with Gasteiger partial charge in [0.25, 0.3) is 0 Å². The Kier molecular flexibility index (Phi) is 4.67. The Balaban J connectivity index is 1.77. The zero-order valence-electron chi connectivity index (χ0n) is 9.47. The van der Waals surface area contributed by atoms with E-state index in [2.05, 4.69) is 39.4 Å². The molecule has 88 valence electrons. The van der Waals surface area contributed by atoms with E-state index in [9.17, 15) is 0 Å². The molecule has 1 aromatic rings. The molecule has 16 heavy (non-hydrogen) atoms. The van der Waals surface area contributed by atoms with E-state index < -0.39 is 0 Å². The van der Waals surface area contributed by atoms with Crippen LogP contribution in [0, 0.1) is 0 Å². The fraction of sp³-hybridized carbons (Fsp3) is 0.538. The van der Waals surface area contributed by atoms with Gasteiger partial charge >= 0.3 is 0 Å². The predicted octanol–water partition coefficient (Wildman–Crippen LogP) is 2.54. The summed E-state index contributed by atoms with van der Waals surface area (Å²) in [5.41, 5.74) is 2.79. The zero-order valence-corrected chi connectivity index (χ0v) is 11.1. The van der Waals surface area contributed by atoms with Gasteiger partial charge in [0, 0.05) is 11.8 Å². The summed E-state index contributed by atoms with van der Waals surface area (Å²) in [4.78, 5) is 0. The maximum absolute atomic E-state index is 5.49. The van der Waals surface area contributed by atoms with Gasteiger partial charge in [-0.1, -0.05) is 28.1 Å². The van der Waals surface area contributed by atoms with Crippen molar-refractivity contribution in [3.8, 4) is 5.75 Å². The molecule has 1 aromatic carbocycles. The van der Waals surface area contributed by atoms with E-state index in [4.69, 9.17) is 4.74 Å². The van der Waals surface area contributed by atoms with Gasteiger partial charge in [-0.3, -0.25) is 0 Å². The molecule has 0 aromatic heterocycles. The minimum atomic E-state index is 0.849. The van der Waals surface area contributed by atoms with Crippen LogP contribution in [0.5, 0.6) is 5.75 Å². The lowest BCUT2D eigenvalue weighted by Crippen LogP contribution is -2.18. The summed E-state index contributed by atoms with van der Waals surface area (Å²) in [5.74, 6) is 1.08. The molecule has 0 radical (unpaired) electrons. The third kappa shape index (κ3) is 3.22. The maximum Gasteiger partial charge on any atom is 0.122 e. The zero-order chi connectivity index (χ0) is 11.2. The average molecular weight is 284 g/mol. The first kappa shape index (κ1) is 11.9. The van der Waals surface area contributed by atoms with Gasteiger partial charge < -0.3 is 10.1 Å². The molecule has 1 N–H and O–H groups in total. The molecule has 1 heterocycles. The Morgan fingerprint density at radius 1 is 1.31 bits per heavy atom. The van der Waals surface area contributed by atoms with Crippen LogP contribution in [-0.4, -0.2) is 25.0 Å². The third-order valence-corrected chi connectivity index (χ3v) is 3.39. The summed E-state index contributed by atoms with van der Waals surface area (Å²) in [6, 6.07) is 6.57. The molecular weight excluding hydrogens is 266 g/mol. The summed E-state index contributed by atoms with van der Waals surface area (Å²) < 4.78 is 5.49. The van der Waals surface area contributed by atoms with Crippen molar-refractivity contribution in [2.24, 2.45) is 0 Å². The Labute approximate surface area is 106 Å². The summed E-state index contributed by atoms with van der Waals surface area (Å²) in [5, 5.41) is 4.52. The van der Waals surface area contributed by atoms with Crippen molar-refractivity contribution in [2.45, 2.75) is 19.3 Å². The van der Waals surface area contributed by atoms with Crippen molar-refractivity contribution in [3.63, 3.8) is 0 Å². The van der Waals surface area contributed by atoms with Crippen LogP contribution in [0.2, 0.25) is 0 Å². The third-order valence-electron chi connectivity index (χ3n) is 2.83. The smallest absolute Gasteiger partial charge is 0.122 e. The SMILES string of the molecule is BrCCCNCCc1ccc2c(c1)CCO2. The summed E-state index contributed by atoms with van der Waals surface area (Å²) >= 11 is 3.43. The topological polar surface area (TPSA) is 21.3 Å². The Morgan fingerprint density at radius 2 is 2.25 bits per heavy atom. The van der Waals surface area contributed by atoms with Gasteiger partial charge in [0.1, 0.15) is 5.75 Å². The van der Waals surface area contributed by atoms with Gasteiger partial charge in [-0.05, 0) is 43.1 Å². The molecule has 0 saturated carbocycles. The van der Waals surface area contributed by atoms with Gasteiger partial charge in [0.2, 0.25) is 0 Å². The van der Waals surface area contributed by atoms with Crippen LogP contribution in [-0.2, 0) is 12.8 Å². The average Bonchev–Trinajstić information content (AvgIpc) is 2.76. The lowest BCUT2D eigenvalue weighted by molar-refractivity contribution is 0.357. The second-order valence-corrected chi connectivity index (χ2v) is 4.88. The first-order valence-corrected chi connectivity index (χ1v) is 7.03. The fourth-order valence-corrected chi connectivity index (χ4v) is 2.23. The van der Waals surface area contributed by atoms with Crippen LogP contribution in [0.15, 0.2) is 18.2 Å². The largest absolute Gasteiger partial charge is 0.493 e. The molecule has 3 heteroatoms. The summed E-state index contributed by atoms with van der Waals surface area (Å²) in [6.45, 7) is 3.01. The molecule has 0 fully saturated rings. The Morgan fingerprint density at radius 3 is 3.12 bits per heavy atom. The molecule has 0 atom stereocenters. The fourth-order valence-electron chi connectivity index (χ4n) is 1.94. The number of fused-ring (bicyclic) bond motifs is 1. The summed E-state index contributed by atoms with van der Waals surface area (Å²) in [6.07, 6.45) is 3.37. The van der Waals surface area contributed by atoms with Crippen molar-refractivity contribution in [1.29, 1.82) is 0 Å². The molecule has 1 aliphatic heterocycles. The van der Waals surface area contributed by atoms with E-state index in [1.54, 1.807) is 0 Å². The van der Waals surface area contributed by atoms with Gasteiger partial charge in [0.05, 0.1) is 6.61 Å². The van der Waals surface area contributed by atoms with Crippen LogP contribution in [0.25, 0.3) is 0 Å². The Hall–Kier alpha value is -0.540. The molecule has 0 unspecified atom stereocenters. The van der Waals surface area contributed by atoms with E-state index in [0.29, 0.717) is 0 Å². The molecule has 0 amide bonds. The highest BCUT2D eigenvalue weighted by Crippen LogP contribution is 2.25.